The maximum atomic E-state index is 10.1. The summed E-state index contributed by atoms with van der Waals surface area (Å²) in [7, 11) is 3.84. The summed E-state index contributed by atoms with van der Waals surface area (Å²) in [4.78, 5) is 1.94. The van der Waals surface area contributed by atoms with Crippen LogP contribution in [0.1, 0.15) is 12.5 Å². The number of rotatable bonds is 5. The third kappa shape index (κ3) is 4.85. The summed E-state index contributed by atoms with van der Waals surface area (Å²) in [6.45, 7) is 2.81. The van der Waals surface area contributed by atoms with E-state index in [0.717, 1.165) is 5.69 Å². The quantitative estimate of drug-likeness (QED) is 0.804. The average molecular weight is 233 g/mol. The van der Waals surface area contributed by atoms with Crippen LogP contribution in [0.4, 0.5) is 5.69 Å². The maximum Gasteiger partial charge on any atom is 0.0992 e. The molecule has 0 aliphatic rings. The van der Waals surface area contributed by atoms with E-state index in [9.17, 15) is 5.11 Å². The number of nitrogens with zero attached hydrogens (tertiary/aromatic N) is 2. The van der Waals surface area contributed by atoms with Gasteiger partial charge in [-0.3, -0.25) is 0 Å². The van der Waals surface area contributed by atoms with Gasteiger partial charge in [0.2, 0.25) is 0 Å². The zero-order valence-corrected chi connectivity index (χ0v) is 10.6. The Labute approximate surface area is 102 Å². The Kier molecular flexibility index (Phi) is 4.50. The molecule has 0 aliphatic heterocycles. The van der Waals surface area contributed by atoms with Crippen molar-refractivity contribution in [2.45, 2.75) is 12.5 Å². The second-order valence-corrected chi connectivity index (χ2v) is 4.78. The number of hydrogen-bond donors (Lipinski definition) is 2. The van der Waals surface area contributed by atoms with Crippen LogP contribution in [0.3, 0.4) is 0 Å². The van der Waals surface area contributed by atoms with Crippen LogP contribution in [0, 0.1) is 11.3 Å². The highest BCUT2D eigenvalue weighted by molar-refractivity contribution is 5.49. The lowest BCUT2D eigenvalue weighted by atomic mass is 10.1. The minimum atomic E-state index is -0.799. The molecule has 0 saturated carbocycles. The van der Waals surface area contributed by atoms with Crippen LogP contribution >= 0.6 is 0 Å². The predicted molar refractivity (Wildman–Crippen MR) is 68.8 cm³/mol. The van der Waals surface area contributed by atoms with E-state index in [1.54, 1.807) is 19.1 Å². The van der Waals surface area contributed by atoms with E-state index in [1.165, 1.54) is 0 Å². The van der Waals surface area contributed by atoms with Gasteiger partial charge in [0.1, 0.15) is 0 Å². The highest BCUT2D eigenvalue weighted by Crippen LogP contribution is 2.12. The Balaban J connectivity index is 2.58. The molecule has 17 heavy (non-hydrogen) atoms. The number of aliphatic hydroxyl groups is 1. The van der Waals surface area contributed by atoms with E-state index < -0.39 is 5.60 Å². The molecule has 1 aromatic rings. The summed E-state index contributed by atoms with van der Waals surface area (Å²) in [5.74, 6) is 0. The Morgan fingerprint density at radius 3 is 2.76 bits per heavy atom. The number of hydrogen-bond acceptors (Lipinski definition) is 4. The molecule has 0 radical (unpaired) electrons. The van der Waals surface area contributed by atoms with Crippen molar-refractivity contribution < 1.29 is 5.11 Å². The molecule has 92 valence electrons. The molecule has 0 bridgehead atoms. The lowest BCUT2D eigenvalue weighted by Gasteiger charge is -2.27. The van der Waals surface area contributed by atoms with Gasteiger partial charge in [0, 0.05) is 18.8 Å². The number of nitrogens with one attached hydrogen (secondary N) is 1. The molecule has 0 heterocycles. The Morgan fingerprint density at radius 1 is 1.47 bits per heavy atom. The van der Waals surface area contributed by atoms with Gasteiger partial charge < -0.3 is 15.3 Å². The van der Waals surface area contributed by atoms with E-state index in [1.807, 2.05) is 31.1 Å². The van der Waals surface area contributed by atoms with E-state index in [0.29, 0.717) is 18.7 Å². The van der Waals surface area contributed by atoms with Crippen molar-refractivity contribution >= 4 is 5.69 Å². The molecule has 4 heteroatoms. The zero-order chi connectivity index (χ0) is 12.9. The van der Waals surface area contributed by atoms with Crippen LogP contribution in [-0.2, 0) is 0 Å². The predicted octanol–water partition coefficient (Wildman–Crippen LogP) is 1.28. The minimum absolute atomic E-state index is 0.445. The highest BCUT2D eigenvalue weighted by atomic mass is 16.3. The molecular weight excluding hydrogens is 214 g/mol. The number of likely N-dealkylation sites (N-methyl/N-ethyl adjacent to an activating group) is 1. The van der Waals surface area contributed by atoms with Gasteiger partial charge in [0.25, 0.3) is 0 Å². The molecule has 0 aliphatic carbocycles. The van der Waals surface area contributed by atoms with E-state index in [2.05, 4.69) is 11.4 Å². The number of benzene rings is 1. The van der Waals surface area contributed by atoms with Crippen LogP contribution in [0.25, 0.3) is 0 Å². The van der Waals surface area contributed by atoms with Gasteiger partial charge in [-0.1, -0.05) is 6.07 Å². The van der Waals surface area contributed by atoms with E-state index in [4.69, 9.17) is 5.26 Å². The summed E-state index contributed by atoms with van der Waals surface area (Å²) >= 11 is 0. The van der Waals surface area contributed by atoms with Gasteiger partial charge in [-0.2, -0.15) is 5.26 Å². The van der Waals surface area contributed by atoms with Crippen molar-refractivity contribution in [1.29, 1.82) is 5.26 Å². The molecule has 0 amide bonds. The van der Waals surface area contributed by atoms with E-state index >= 15 is 0 Å². The molecule has 0 spiro atoms. The van der Waals surface area contributed by atoms with Gasteiger partial charge in [-0.25, -0.2) is 0 Å². The van der Waals surface area contributed by atoms with Crippen LogP contribution in [0.2, 0.25) is 0 Å². The molecule has 2 N–H and O–H groups in total. The Morgan fingerprint density at radius 2 is 2.18 bits per heavy atom. The van der Waals surface area contributed by atoms with Gasteiger partial charge in [-0.15, -0.1) is 0 Å². The number of nitriles is 1. The Bertz CT molecular complexity index is 407. The van der Waals surface area contributed by atoms with Crippen LogP contribution < -0.4 is 5.32 Å². The first-order valence-electron chi connectivity index (χ1n) is 5.54. The largest absolute Gasteiger partial charge is 0.387 e. The smallest absolute Gasteiger partial charge is 0.0992 e. The second kappa shape index (κ2) is 5.67. The lowest BCUT2D eigenvalue weighted by molar-refractivity contribution is 0.0460. The molecule has 1 aromatic carbocycles. The highest BCUT2D eigenvalue weighted by Gasteiger charge is 2.20. The first kappa shape index (κ1) is 13.5. The Hall–Kier alpha value is -1.57. The molecule has 0 fully saturated rings. The molecule has 4 nitrogen and oxygen atoms in total. The normalized spacial score (nSPS) is 14.1. The molecular formula is C13H19N3O. The van der Waals surface area contributed by atoms with Gasteiger partial charge in [0.15, 0.2) is 0 Å². The molecule has 1 rings (SSSR count). The van der Waals surface area contributed by atoms with Crippen LogP contribution in [0.15, 0.2) is 24.3 Å². The van der Waals surface area contributed by atoms with E-state index in [-0.39, 0.29) is 0 Å². The zero-order valence-electron chi connectivity index (χ0n) is 10.6. The molecule has 1 atom stereocenters. The van der Waals surface area contributed by atoms with Crippen molar-refractivity contribution in [2.24, 2.45) is 0 Å². The van der Waals surface area contributed by atoms with Gasteiger partial charge in [0.05, 0.1) is 17.2 Å². The lowest BCUT2D eigenvalue weighted by Crippen LogP contribution is -2.43. The van der Waals surface area contributed by atoms with Crippen molar-refractivity contribution in [2.75, 3.05) is 32.5 Å². The standard InChI is InChI=1S/C13H19N3O/c1-13(17,10-16(2)3)9-15-12-6-4-5-11(7-12)8-14/h4-7,15,17H,9-10H2,1-3H3. The van der Waals surface area contributed by atoms with Gasteiger partial charge in [-0.05, 0) is 39.2 Å². The number of anilines is 1. The van der Waals surface area contributed by atoms with Crippen LogP contribution in [-0.4, -0.2) is 42.8 Å². The summed E-state index contributed by atoms with van der Waals surface area (Å²) in [6, 6.07) is 9.31. The minimum Gasteiger partial charge on any atom is -0.387 e. The van der Waals surface area contributed by atoms with Crippen LogP contribution in [0.5, 0.6) is 0 Å². The topological polar surface area (TPSA) is 59.3 Å². The first-order chi connectivity index (χ1) is 7.93. The third-order valence-electron chi connectivity index (χ3n) is 2.32. The first-order valence-corrected chi connectivity index (χ1v) is 5.54. The summed E-state index contributed by atoms with van der Waals surface area (Å²) in [5, 5.41) is 22.0. The fourth-order valence-electron chi connectivity index (χ4n) is 1.73. The fraction of sp³-hybridized carbons (Fsp3) is 0.462. The average Bonchev–Trinajstić information content (AvgIpc) is 2.25. The van der Waals surface area contributed by atoms with Crippen molar-refractivity contribution in [3.63, 3.8) is 0 Å². The molecule has 0 aromatic heterocycles. The van der Waals surface area contributed by atoms with Gasteiger partial charge >= 0.3 is 0 Å². The van der Waals surface area contributed by atoms with Crippen molar-refractivity contribution in [1.82, 2.24) is 4.90 Å². The summed E-state index contributed by atoms with van der Waals surface area (Å²) in [5.41, 5.74) is 0.664. The summed E-state index contributed by atoms with van der Waals surface area (Å²) in [6.07, 6.45) is 0. The summed E-state index contributed by atoms with van der Waals surface area (Å²) < 4.78 is 0. The third-order valence-corrected chi connectivity index (χ3v) is 2.32. The monoisotopic (exact) mass is 233 g/mol. The van der Waals surface area contributed by atoms with Crippen molar-refractivity contribution in [3.05, 3.63) is 29.8 Å². The maximum absolute atomic E-state index is 10.1. The fourth-order valence-corrected chi connectivity index (χ4v) is 1.73. The SMILES string of the molecule is CN(C)CC(C)(O)CNc1cccc(C#N)c1. The van der Waals surface area contributed by atoms with Crippen molar-refractivity contribution in [3.8, 4) is 6.07 Å². The molecule has 1 unspecified atom stereocenters. The molecule has 0 saturated heterocycles. The second-order valence-electron chi connectivity index (χ2n) is 4.78.